The number of carbonyl (C=O) groups is 5. The van der Waals surface area contributed by atoms with Gasteiger partial charge in [-0.2, -0.15) is 0 Å². The van der Waals surface area contributed by atoms with Gasteiger partial charge in [-0.3, -0.25) is 19.2 Å². The fraction of sp³-hybridized carbons (Fsp3) is 0.500. The second-order valence-electron chi connectivity index (χ2n) is 17.8. The van der Waals surface area contributed by atoms with Crippen LogP contribution in [0.1, 0.15) is 118 Å². The number of carbonyl (C=O) groups excluding carboxylic acids is 5. The Bertz CT molecular complexity index is 2090. The molecule has 340 valence electrons. The third-order valence-corrected chi connectivity index (χ3v) is 12.8. The van der Waals surface area contributed by atoms with E-state index in [0.29, 0.717) is 29.9 Å². The lowest BCUT2D eigenvalue weighted by molar-refractivity contribution is -0.133. The molecule has 7 atom stereocenters. The molecule has 64 heavy (non-hydrogen) atoms. The Balaban J connectivity index is 0.974. The standard InChI is InChI=1S/C50H65N9O5/c1-3-5-7-9-17-27-52-50(64)55-45(48(62)51-26-16-8-6-4-2)33-59-32-44(56-57-59)36-22-24-37(25-23-36)49(63)58-30-40(46(60)53-42-28-38(42)34-18-12-10-13-19-34)41(31-58)47(61)54-43-29-39(43)35-20-14-11-15-21-35/h10-15,18-25,32,38-43,45H,3-9,16-17,26-31,33H2,1-2H3,(H,51,62)(H,53,60)(H,54,61)(H2,52,55,64)/t38-,39-,40-,41-,42+,43+,45?/m1/s1. The van der Waals surface area contributed by atoms with Crippen LogP contribution in [0.4, 0.5) is 4.79 Å². The van der Waals surface area contributed by atoms with Gasteiger partial charge in [-0.05, 0) is 48.9 Å². The van der Waals surface area contributed by atoms with E-state index in [4.69, 9.17) is 0 Å². The van der Waals surface area contributed by atoms with Crippen molar-refractivity contribution in [3.05, 3.63) is 108 Å². The maximum Gasteiger partial charge on any atom is 0.315 e. The summed E-state index contributed by atoms with van der Waals surface area (Å²) in [5.74, 6) is -1.86. The Labute approximate surface area is 377 Å². The van der Waals surface area contributed by atoms with E-state index in [0.717, 1.165) is 64.2 Å². The Hall–Kier alpha value is -6.05. The number of hydrogen-bond donors (Lipinski definition) is 5. The quantitative estimate of drug-likeness (QED) is 0.0542. The van der Waals surface area contributed by atoms with E-state index in [1.54, 1.807) is 35.4 Å². The molecule has 3 fully saturated rings. The maximum absolute atomic E-state index is 14.1. The summed E-state index contributed by atoms with van der Waals surface area (Å²) in [5, 5.41) is 23.7. The van der Waals surface area contributed by atoms with Crippen LogP contribution in [0.2, 0.25) is 0 Å². The minimum absolute atomic E-state index is 0.00575. The van der Waals surface area contributed by atoms with Gasteiger partial charge in [0.1, 0.15) is 11.7 Å². The van der Waals surface area contributed by atoms with E-state index < -0.39 is 23.9 Å². The molecule has 6 amide bonds. The zero-order valence-electron chi connectivity index (χ0n) is 37.3. The van der Waals surface area contributed by atoms with Crippen molar-refractivity contribution in [2.75, 3.05) is 26.2 Å². The topological polar surface area (TPSA) is 179 Å². The molecule has 1 unspecified atom stereocenters. The van der Waals surface area contributed by atoms with Gasteiger partial charge in [-0.15, -0.1) is 5.10 Å². The molecule has 7 rings (SSSR count). The average Bonchev–Trinajstić information content (AvgIpc) is 4.15. The van der Waals surface area contributed by atoms with Gasteiger partial charge in [0.05, 0.1) is 24.6 Å². The van der Waals surface area contributed by atoms with Crippen molar-refractivity contribution in [3.8, 4) is 11.3 Å². The zero-order valence-corrected chi connectivity index (χ0v) is 37.3. The minimum Gasteiger partial charge on any atom is -0.354 e. The number of amides is 6. The summed E-state index contributed by atoms with van der Waals surface area (Å²) >= 11 is 0. The molecule has 1 saturated heterocycles. The molecule has 2 heterocycles. The lowest BCUT2D eigenvalue weighted by Gasteiger charge is -2.19. The lowest BCUT2D eigenvalue weighted by Crippen LogP contribution is -2.52. The molecule has 2 saturated carbocycles. The fourth-order valence-electron chi connectivity index (χ4n) is 8.82. The highest BCUT2D eigenvalue weighted by Crippen LogP contribution is 2.42. The van der Waals surface area contributed by atoms with E-state index >= 15 is 0 Å². The summed E-state index contributed by atoms with van der Waals surface area (Å²) < 4.78 is 1.54. The number of rotatable bonds is 23. The smallest absolute Gasteiger partial charge is 0.315 e. The van der Waals surface area contributed by atoms with Crippen LogP contribution in [-0.2, 0) is 20.9 Å². The number of nitrogens with zero attached hydrogens (tertiary/aromatic N) is 4. The molecule has 5 N–H and O–H groups in total. The van der Waals surface area contributed by atoms with Gasteiger partial charge < -0.3 is 31.5 Å². The first kappa shape index (κ1) is 46.0. The van der Waals surface area contributed by atoms with Crippen LogP contribution in [0.3, 0.4) is 0 Å². The van der Waals surface area contributed by atoms with Crippen molar-refractivity contribution >= 4 is 29.7 Å². The summed E-state index contributed by atoms with van der Waals surface area (Å²) in [4.78, 5) is 69.7. The molecular weight excluding hydrogens is 807 g/mol. The van der Waals surface area contributed by atoms with Crippen LogP contribution in [0.25, 0.3) is 11.3 Å². The third kappa shape index (κ3) is 12.6. The van der Waals surface area contributed by atoms with Crippen molar-refractivity contribution in [2.24, 2.45) is 11.8 Å². The zero-order chi connectivity index (χ0) is 44.8. The summed E-state index contributed by atoms with van der Waals surface area (Å²) in [6.45, 7) is 5.69. The predicted molar refractivity (Wildman–Crippen MR) is 246 cm³/mol. The summed E-state index contributed by atoms with van der Waals surface area (Å²) in [7, 11) is 0. The highest BCUT2D eigenvalue weighted by atomic mass is 16.2. The van der Waals surface area contributed by atoms with E-state index in [9.17, 15) is 24.0 Å². The molecule has 3 aromatic carbocycles. The van der Waals surface area contributed by atoms with Crippen molar-refractivity contribution in [1.29, 1.82) is 0 Å². The van der Waals surface area contributed by atoms with Crippen LogP contribution < -0.4 is 26.6 Å². The van der Waals surface area contributed by atoms with Gasteiger partial charge in [0.15, 0.2) is 0 Å². The molecule has 0 bridgehead atoms. The second kappa shape index (κ2) is 22.5. The Morgan fingerprint density at radius 2 is 1.19 bits per heavy atom. The van der Waals surface area contributed by atoms with Gasteiger partial charge in [0.2, 0.25) is 17.7 Å². The molecule has 1 aliphatic heterocycles. The van der Waals surface area contributed by atoms with Gasteiger partial charge in [0.25, 0.3) is 5.91 Å². The third-order valence-electron chi connectivity index (χ3n) is 12.8. The van der Waals surface area contributed by atoms with Crippen molar-refractivity contribution < 1.29 is 24.0 Å². The lowest BCUT2D eigenvalue weighted by atomic mass is 9.94. The molecule has 3 aliphatic rings. The summed E-state index contributed by atoms with van der Waals surface area (Å²) in [6, 6.07) is 25.9. The van der Waals surface area contributed by atoms with Gasteiger partial charge >= 0.3 is 6.03 Å². The number of unbranched alkanes of at least 4 members (excludes halogenated alkanes) is 7. The highest BCUT2D eigenvalue weighted by molar-refractivity contribution is 5.97. The van der Waals surface area contributed by atoms with Gasteiger partial charge in [-0.25, -0.2) is 9.48 Å². The first-order valence-corrected chi connectivity index (χ1v) is 23.5. The summed E-state index contributed by atoms with van der Waals surface area (Å²) in [5.41, 5.74) is 4.02. The number of hydrogen-bond acceptors (Lipinski definition) is 7. The van der Waals surface area contributed by atoms with E-state index in [-0.39, 0.29) is 67.2 Å². The molecule has 2 aliphatic carbocycles. The Morgan fingerprint density at radius 3 is 1.75 bits per heavy atom. The molecule has 0 radical (unpaired) electrons. The van der Waals surface area contributed by atoms with Crippen LogP contribution in [0.5, 0.6) is 0 Å². The molecule has 0 spiro atoms. The van der Waals surface area contributed by atoms with Crippen LogP contribution in [0.15, 0.2) is 91.1 Å². The first-order valence-electron chi connectivity index (χ1n) is 23.5. The summed E-state index contributed by atoms with van der Waals surface area (Å²) in [6.07, 6.45) is 12.8. The van der Waals surface area contributed by atoms with Gasteiger partial charge in [-0.1, -0.05) is 137 Å². The molecule has 4 aromatic rings. The number of nitrogens with one attached hydrogen (secondary N) is 5. The molecule has 1 aromatic heterocycles. The largest absolute Gasteiger partial charge is 0.354 e. The van der Waals surface area contributed by atoms with Crippen molar-refractivity contribution in [2.45, 2.75) is 121 Å². The highest BCUT2D eigenvalue weighted by Gasteiger charge is 2.49. The first-order chi connectivity index (χ1) is 31.2. The van der Waals surface area contributed by atoms with E-state index in [1.165, 1.54) is 22.2 Å². The molecular formula is C50H65N9O5. The van der Waals surface area contributed by atoms with Crippen LogP contribution in [-0.4, -0.2) is 93.9 Å². The van der Waals surface area contributed by atoms with Crippen molar-refractivity contribution in [1.82, 2.24) is 46.5 Å². The minimum atomic E-state index is -0.873. The molecule has 14 nitrogen and oxygen atoms in total. The number of likely N-dealkylation sites (tertiary alicyclic amines) is 1. The predicted octanol–water partition coefficient (Wildman–Crippen LogP) is 6.31. The maximum atomic E-state index is 14.1. The van der Waals surface area contributed by atoms with Crippen molar-refractivity contribution in [3.63, 3.8) is 0 Å². The fourth-order valence-corrected chi connectivity index (χ4v) is 8.82. The SMILES string of the molecule is CCCCCCCNC(=O)NC(Cn1cc(-c2ccc(C(=O)N3C[C@@H](C(=O)N[C@H]4C[C@@H]4c4ccccc4)[C@H](C(=O)N[C@H]4C[C@@H]4c4ccccc4)C3)cc2)nn1)C(=O)NCCCCCC. The number of urea groups is 1. The Kier molecular flexibility index (Phi) is 16.2. The number of benzene rings is 3. The Morgan fingerprint density at radius 1 is 0.656 bits per heavy atom. The monoisotopic (exact) mass is 872 g/mol. The van der Waals surface area contributed by atoms with Gasteiger partial charge in [0, 0.05) is 61.2 Å². The van der Waals surface area contributed by atoms with E-state index in [2.05, 4.69) is 75.0 Å². The number of aromatic nitrogens is 3. The van der Waals surface area contributed by atoms with E-state index in [1.807, 2.05) is 36.4 Å². The normalized spacial score (nSPS) is 21.4. The average molecular weight is 872 g/mol. The molecule has 14 heteroatoms. The van der Waals surface area contributed by atoms with Crippen LogP contribution in [0, 0.1) is 11.8 Å². The van der Waals surface area contributed by atoms with Crippen LogP contribution >= 0.6 is 0 Å². The second-order valence-corrected chi connectivity index (χ2v) is 17.8.